The van der Waals surface area contributed by atoms with Gasteiger partial charge in [0.15, 0.2) is 5.17 Å². The van der Waals surface area contributed by atoms with Crippen molar-refractivity contribution in [3.05, 3.63) is 28.8 Å². The normalized spacial score (nSPS) is 23.4. The Kier molecular flexibility index (Phi) is 5.15. The largest absolute Gasteiger partial charge is 0.550 e. The third-order valence-electron chi connectivity index (χ3n) is 4.32. The van der Waals surface area contributed by atoms with Crippen molar-refractivity contribution < 1.29 is 14.7 Å². The van der Waals surface area contributed by atoms with Crippen LogP contribution in [0.3, 0.4) is 0 Å². The van der Waals surface area contributed by atoms with E-state index in [1.54, 1.807) is 6.07 Å². The number of carbonyl (C=O) groups excluding carboxylic acids is 2. The molecule has 1 aliphatic heterocycles. The molecule has 0 unspecified atom stereocenters. The molecule has 1 saturated carbocycles. The number of carboxylic acids is 1. The Bertz CT molecular complexity index is 681. The predicted octanol–water partition coefficient (Wildman–Crippen LogP) is 2.54. The first-order valence-corrected chi connectivity index (χ1v) is 9.26. The molecule has 0 radical (unpaired) electrons. The lowest BCUT2D eigenvalue weighted by Crippen LogP contribution is -2.36. The predicted molar refractivity (Wildman–Crippen MR) is 94.4 cm³/mol. The van der Waals surface area contributed by atoms with Crippen LogP contribution in [0.1, 0.15) is 37.7 Å². The van der Waals surface area contributed by atoms with E-state index in [0.29, 0.717) is 15.9 Å². The maximum absolute atomic E-state index is 12.8. The summed E-state index contributed by atoms with van der Waals surface area (Å²) in [6.07, 6.45) is 3.94. The van der Waals surface area contributed by atoms with Gasteiger partial charge in [-0.15, -0.1) is 0 Å². The lowest BCUT2D eigenvalue weighted by atomic mass is 10.1. The van der Waals surface area contributed by atoms with Crippen LogP contribution in [0, 0.1) is 6.92 Å². The van der Waals surface area contributed by atoms with Gasteiger partial charge in [-0.05, 0) is 31.4 Å². The lowest BCUT2D eigenvalue weighted by molar-refractivity contribution is -0.305. The van der Waals surface area contributed by atoms with E-state index >= 15 is 0 Å². The summed E-state index contributed by atoms with van der Waals surface area (Å²) in [7, 11) is 0. The van der Waals surface area contributed by atoms with Crippen LogP contribution in [0.5, 0.6) is 0 Å². The molecular formula is C17H18ClN2O3S-. The number of amides is 1. The summed E-state index contributed by atoms with van der Waals surface area (Å²) < 4.78 is 0. The van der Waals surface area contributed by atoms with Gasteiger partial charge < -0.3 is 9.90 Å². The summed E-state index contributed by atoms with van der Waals surface area (Å²) in [6, 6.07) is 5.60. The van der Waals surface area contributed by atoms with Gasteiger partial charge in [-0.25, -0.2) is 0 Å². The van der Waals surface area contributed by atoms with Crippen molar-refractivity contribution in [1.29, 1.82) is 0 Å². The third-order valence-corrected chi connectivity index (χ3v) is 5.77. The number of carboxylic acid groups (broad SMARTS) is 1. The highest BCUT2D eigenvalue weighted by molar-refractivity contribution is 8.16. The molecule has 1 amide bonds. The fourth-order valence-electron chi connectivity index (χ4n) is 3.14. The van der Waals surface area contributed by atoms with Gasteiger partial charge in [0.1, 0.15) is 0 Å². The standard InChI is InChI=1S/C17H19ClN2O3S/c1-10-5-4-8-12(18)15(10)20-16(23)13(9-14(21)22)24-17(20)19-11-6-2-3-7-11/h4-5,8,11,13H,2-3,6-7,9H2,1H3,(H,21,22)/p-1/t13-/m0/s1. The highest BCUT2D eigenvalue weighted by Gasteiger charge is 2.40. The SMILES string of the molecule is Cc1cccc(Cl)c1N1C(=O)[C@H](CC(=O)[O-])SC1=NC1CCCC1. The van der Waals surface area contributed by atoms with Crippen LogP contribution in [0.2, 0.25) is 5.02 Å². The van der Waals surface area contributed by atoms with Gasteiger partial charge in [0.05, 0.1) is 22.0 Å². The number of aliphatic carboxylic acids is 1. The van der Waals surface area contributed by atoms with E-state index in [1.165, 1.54) is 16.7 Å². The maximum atomic E-state index is 12.8. The smallest absolute Gasteiger partial charge is 0.247 e. The molecule has 1 aromatic rings. The van der Waals surface area contributed by atoms with Crippen molar-refractivity contribution >= 4 is 46.1 Å². The molecule has 0 N–H and O–H groups in total. The molecule has 1 saturated heterocycles. The zero-order valence-corrected chi connectivity index (χ0v) is 14.9. The Labute approximate surface area is 150 Å². The number of hydrogen-bond donors (Lipinski definition) is 0. The second kappa shape index (κ2) is 7.15. The van der Waals surface area contributed by atoms with Gasteiger partial charge in [0, 0.05) is 12.4 Å². The Morgan fingerprint density at radius 1 is 1.42 bits per heavy atom. The van der Waals surface area contributed by atoms with Gasteiger partial charge in [-0.2, -0.15) is 0 Å². The molecule has 7 heteroatoms. The average Bonchev–Trinajstić information content (AvgIpc) is 3.10. The van der Waals surface area contributed by atoms with Gasteiger partial charge in [0.25, 0.3) is 0 Å². The molecule has 2 fully saturated rings. The number of halogens is 1. The molecule has 0 bridgehead atoms. The fourth-order valence-corrected chi connectivity index (χ4v) is 4.62. The van der Waals surface area contributed by atoms with Crippen LogP contribution in [0.4, 0.5) is 5.69 Å². The number of amidine groups is 1. The Hall–Kier alpha value is -1.53. The molecule has 3 rings (SSSR count). The minimum absolute atomic E-state index is 0.187. The van der Waals surface area contributed by atoms with Crippen LogP contribution in [0.25, 0.3) is 0 Å². The molecule has 1 atom stereocenters. The first-order chi connectivity index (χ1) is 11.5. The summed E-state index contributed by atoms with van der Waals surface area (Å²) in [5.74, 6) is -1.53. The molecule has 0 spiro atoms. The zero-order chi connectivity index (χ0) is 17.3. The number of thioether (sulfide) groups is 1. The quantitative estimate of drug-likeness (QED) is 0.821. The molecular weight excluding hydrogens is 348 g/mol. The Morgan fingerprint density at radius 3 is 2.75 bits per heavy atom. The van der Waals surface area contributed by atoms with E-state index in [9.17, 15) is 14.7 Å². The number of rotatable bonds is 4. The van der Waals surface area contributed by atoms with Crippen LogP contribution in [-0.2, 0) is 9.59 Å². The van der Waals surface area contributed by atoms with E-state index in [1.807, 2.05) is 19.1 Å². The van der Waals surface area contributed by atoms with Crippen molar-refractivity contribution in [2.24, 2.45) is 4.99 Å². The van der Waals surface area contributed by atoms with E-state index in [-0.39, 0.29) is 18.4 Å². The minimum Gasteiger partial charge on any atom is -0.550 e. The molecule has 1 aromatic carbocycles. The van der Waals surface area contributed by atoms with Crippen molar-refractivity contribution in [3.63, 3.8) is 0 Å². The number of hydrogen-bond acceptors (Lipinski definition) is 5. The first-order valence-electron chi connectivity index (χ1n) is 8.00. The Morgan fingerprint density at radius 2 is 2.12 bits per heavy atom. The minimum atomic E-state index is -1.24. The van der Waals surface area contributed by atoms with Crippen LogP contribution in [0.15, 0.2) is 23.2 Å². The third kappa shape index (κ3) is 3.44. The summed E-state index contributed by atoms with van der Waals surface area (Å²) in [4.78, 5) is 30.0. The van der Waals surface area contributed by atoms with Gasteiger partial charge in [-0.1, -0.05) is 48.3 Å². The first kappa shape index (κ1) is 17.3. The highest BCUT2D eigenvalue weighted by Crippen LogP contribution is 2.39. The number of aryl methyl sites for hydroxylation is 1. The van der Waals surface area contributed by atoms with Crippen molar-refractivity contribution in [2.75, 3.05) is 4.90 Å². The molecule has 24 heavy (non-hydrogen) atoms. The number of para-hydroxylation sites is 1. The van der Waals surface area contributed by atoms with Crippen LogP contribution in [-0.4, -0.2) is 28.3 Å². The van der Waals surface area contributed by atoms with Gasteiger partial charge in [-0.3, -0.25) is 14.7 Å². The number of nitrogens with zero attached hydrogens (tertiary/aromatic N) is 2. The number of carbonyl (C=O) groups is 2. The molecule has 1 aliphatic carbocycles. The molecule has 0 aromatic heterocycles. The summed E-state index contributed by atoms with van der Waals surface area (Å²) >= 11 is 7.52. The second-order valence-electron chi connectivity index (χ2n) is 6.11. The van der Waals surface area contributed by atoms with Crippen molar-refractivity contribution in [3.8, 4) is 0 Å². The summed E-state index contributed by atoms with van der Waals surface area (Å²) in [5, 5.41) is 11.3. The summed E-state index contributed by atoms with van der Waals surface area (Å²) in [6.45, 7) is 1.87. The second-order valence-corrected chi connectivity index (χ2v) is 7.69. The van der Waals surface area contributed by atoms with Crippen molar-refractivity contribution in [2.45, 2.75) is 50.3 Å². The van der Waals surface area contributed by atoms with Crippen LogP contribution < -0.4 is 10.0 Å². The molecule has 5 nitrogen and oxygen atoms in total. The average molecular weight is 366 g/mol. The van der Waals surface area contributed by atoms with Crippen molar-refractivity contribution in [1.82, 2.24) is 0 Å². The molecule has 128 valence electrons. The number of aliphatic imine (C=N–C) groups is 1. The van der Waals surface area contributed by atoms with E-state index in [2.05, 4.69) is 0 Å². The monoisotopic (exact) mass is 365 g/mol. The topological polar surface area (TPSA) is 72.8 Å². The number of benzene rings is 1. The summed E-state index contributed by atoms with van der Waals surface area (Å²) in [5.41, 5.74) is 1.44. The van der Waals surface area contributed by atoms with E-state index in [4.69, 9.17) is 16.6 Å². The van der Waals surface area contributed by atoms with Gasteiger partial charge in [0.2, 0.25) is 5.91 Å². The van der Waals surface area contributed by atoms with E-state index < -0.39 is 11.2 Å². The fraction of sp³-hybridized carbons (Fsp3) is 0.471. The molecule has 2 aliphatic rings. The lowest BCUT2D eigenvalue weighted by Gasteiger charge is -2.21. The maximum Gasteiger partial charge on any atom is 0.247 e. The number of anilines is 1. The molecule has 1 heterocycles. The van der Waals surface area contributed by atoms with Crippen LogP contribution >= 0.6 is 23.4 Å². The highest BCUT2D eigenvalue weighted by atomic mass is 35.5. The Balaban J connectivity index is 2.01. The zero-order valence-electron chi connectivity index (χ0n) is 13.3. The van der Waals surface area contributed by atoms with E-state index in [0.717, 1.165) is 31.2 Å². The van der Waals surface area contributed by atoms with Gasteiger partial charge >= 0.3 is 0 Å².